The molecular weight excluding hydrogens is 294 g/mol. The van der Waals surface area contributed by atoms with E-state index in [1.807, 2.05) is 0 Å². The number of rotatable bonds is 3. The minimum absolute atomic E-state index is 0.214. The van der Waals surface area contributed by atoms with E-state index in [1.165, 1.54) is 7.05 Å². The number of fused-ring (bicyclic) bond motifs is 1. The number of benzene rings is 1. The molecule has 114 valence electrons. The van der Waals surface area contributed by atoms with Crippen LogP contribution < -0.4 is 10.6 Å². The third kappa shape index (κ3) is 2.22. The number of anilines is 1. The minimum atomic E-state index is -2.82. The maximum atomic E-state index is 13.0. The van der Waals surface area contributed by atoms with Gasteiger partial charge in [0.2, 0.25) is 0 Å². The lowest BCUT2D eigenvalue weighted by atomic mass is 10.1. The first-order chi connectivity index (χ1) is 10.5. The maximum absolute atomic E-state index is 13.0. The molecule has 0 radical (unpaired) electrons. The standard InChI is InChI=1S/C14H12F2N4O2/c1-20-11(12(15)16)8(6-18-20)13(21)19-9-4-2-3-7-5-17-14(22)10(7)9/h2-4,6,12H,5H2,1H3,(H,17,22)(H,19,21). The Bertz CT molecular complexity index is 770. The number of amides is 2. The van der Waals surface area contributed by atoms with Crippen molar-refractivity contribution in [2.24, 2.45) is 7.05 Å². The average molecular weight is 306 g/mol. The first-order valence-corrected chi connectivity index (χ1v) is 6.50. The fourth-order valence-corrected chi connectivity index (χ4v) is 2.45. The first-order valence-electron chi connectivity index (χ1n) is 6.50. The van der Waals surface area contributed by atoms with Crippen molar-refractivity contribution in [2.45, 2.75) is 13.0 Å². The number of carbonyl (C=O) groups excluding carboxylic acids is 2. The molecule has 2 amide bonds. The van der Waals surface area contributed by atoms with Gasteiger partial charge in [-0.2, -0.15) is 5.10 Å². The van der Waals surface area contributed by atoms with Gasteiger partial charge in [-0.25, -0.2) is 8.78 Å². The Hall–Kier alpha value is -2.77. The SMILES string of the molecule is Cn1ncc(C(=O)Nc2cccc3c2C(=O)NC3)c1C(F)F. The molecule has 2 heterocycles. The highest BCUT2D eigenvalue weighted by molar-refractivity contribution is 6.10. The molecular formula is C14H12F2N4O2. The van der Waals surface area contributed by atoms with Gasteiger partial charge in [0.05, 0.1) is 23.0 Å². The van der Waals surface area contributed by atoms with Crippen molar-refractivity contribution in [3.8, 4) is 0 Å². The fourth-order valence-electron chi connectivity index (χ4n) is 2.45. The number of alkyl halides is 2. The van der Waals surface area contributed by atoms with E-state index in [-0.39, 0.29) is 11.5 Å². The van der Waals surface area contributed by atoms with Crippen molar-refractivity contribution in [1.29, 1.82) is 0 Å². The van der Waals surface area contributed by atoms with E-state index in [9.17, 15) is 18.4 Å². The molecule has 3 rings (SSSR count). The average Bonchev–Trinajstić information content (AvgIpc) is 3.03. The summed E-state index contributed by atoms with van der Waals surface area (Å²) in [6, 6.07) is 5.00. The summed E-state index contributed by atoms with van der Waals surface area (Å²) in [7, 11) is 1.34. The molecule has 2 N–H and O–H groups in total. The Morgan fingerprint density at radius 3 is 2.95 bits per heavy atom. The molecule has 0 bridgehead atoms. The van der Waals surface area contributed by atoms with Crippen LogP contribution in [0.15, 0.2) is 24.4 Å². The molecule has 6 nitrogen and oxygen atoms in total. The zero-order valence-electron chi connectivity index (χ0n) is 11.6. The molecule has 0 saturated heterocycles. The summed E-state index contributed by atoms with van der Waals surface area (Å²) in [5, 5.41) is 8.84. The summed E-state index contributed by atoms with van der Waals surface area (Å²) in [5.74, 6) is -1.03. The van der Waals surface area contributed by atoms with Crippen LogP contribution in [0.5, 0.6) is 0 Å². The molecule has 1 aliphatic rings. The number of hydrogen-bond acceptors (Lipinski definition) is 3. The highest BCUT2D eigenvalue weighted by atomic mass is 19.3. The number of nitrogens with zero attached hydrogens (tertiary/aromatic N) is 2. The van der Waals surface area contributed by atoms with Crippen LogP contribution in [0.25, 0.3) is 0 Å². The highest BCUT2D eigenvalue weighted by Gasteiger charge is 2.26. The molecule has 22 heavy (non-hydrogen) atoms. The van der Waals surface area contributed by atoms with Crippen molar-refractivity contribution in [2.75, 3.05) is 5.32 Å². The summed E-state index contributed by atoms with van der Waals surface area (Å²) < 4.78 is 27.0. The van der Waals surface area contributed by atoms with Crippen molar-refractivity contribution in [1.82, 2.24) is 15.1 Å². The Balaban J connectivity index is 1.94. The topological polar surface area (TPSA) is 76.0 Å². The van der Waals surface area contributed by atoms with Crippen molar-refractivity contribution >= 4 is 17.5 Å². The van der Waals surface area contributed by atoms with Crippen LogP contribution in [0.1, 0.15) is 38.4 Å². The Morgan fingerprint density at radius 1 is 1.45 bits per heavy atom. The number of aryl methyl sites for hydroxylation is 1. The van der Waals surface area contributed by atoms with Crippen molar-refractivity contribution < 1.29 is 18.4 Å². The number of aromatic nitrogens is 2. The van der Waals surface area contributed by atoms with Crippen molar-refractivity contribution in [3.05, 3.63) is 46.8 Å². The molecule has 0 aliphatic carbocycles. The number of hydrogen-bond donors (Lipinski definition) is 2. The fraction of sp³-hybridized carbons (Fsp3) is 0.214. The predicted octanol–water partition coefficient (Wildman–Crippen LogP) is 1.85. The monoisotopic (exact) mass is 306 g/mol. The molecule has 0 unspecified atom stereocenters. The van der Waals surface area contributed by atoms with E-state index in [0.29, 0.717) is 17.8 Å². The van der Waals surface area contributed by atoms with Gasteiger partial charge < -0.3 is 10.6 Å². The van der Waals surface area contributed by atoms with Crippen LogP contribution in [0.2, 0.25) is 0 Å². The van der Waals surface area contributed by atoms with Gasteiger partial charge in [0.1, 0.15) is 5.69 Å². The van der Waals surface area contributed by atoms with Gasteiger partial charge in [-0.1, -0.05) is 12.1 Å². The summed E-state index contributed by atoms with van der Waals surface area (Å²) in [6.45, 7) is 0.382. The summed E-state index contributed by atoms with van der Waals surface area (Å²) in [4.78, 5) is 24.0. The summed E-state index contributed by atoms with van der Waals surface area (Å²) in [6.07, 6.45) is -1.74. The third-order valence-corrected chi connectivity index (χ3v) is 3.50. The largest absolute Gasteiger partial charge is 0.348 e. The Kier molecular flexibility index (Phi) is 3.36. The van der Waals surface area contributed by atoms with Crippen LogP contribution in [0.3, 0.4) is 0 Å². The van der Waals surface area contributed by atoms with Gasteiger partial charge in [-0.3, -0.25) is 14.3 Å². The minimum Gasteiger partial charge on any atom is -0.348 e. The molecule has 8 heteroatoms. The van der Waals surface area contributed by atoms with Gasteiger partial charge in [0, 0.05) is 13.6 Å². The zero-order chi connectivity index (χ0) is 15.9. The van der Waals surface area contributed by atoms with Gasteiger partial charge in [0.25, 0.3) is 18.2 Å². The predicted molar refractivity (Wildman–Crippen MR) is 73.7 cm³/mol. The van der Waals surface area contributed by atoms with Gasteiger partial charge in [-0.15, -0.1) is 0 Å². The second-order valence-corrected chi connectivity index (χ2v) is 4.84. The smallest absolute Gasteiger partial charge is 0.280 e. The van der Waals surface area contributed by atoms with Crippen LogP contribution in [-0.2, 0) is 13.6 Å². The van der Waals surface area contributed by atoms with Crippen molar-refractivity contribution in [3.63, 3.8) is 0 Å². The third-order valence-electron chi connectivity index (χ3n) is 3.50. The molecule has 1 aliphatic heterocycles. The second kappa shape index (κ2) is 5.21. The lowest BCUT2D eigenvalue weighted by Gasteiger charge is -2.09. The first kappa shape index (κ1) is 14.2. The maximum Gasteiger partial charge on any atom is 0.280 e. The summed E-state index contributed by atoms with van der Waals surface area (Å²) in [5.41, 5.74) is 0.728. The number of carbonyl (C=O) groups is 2. The van der Waals surface area contributed by atoms with Crippen LogP contribution in [0.4, 0.5) is 14.5 Å². The molecule has 1 aromatic carbocycles. The van der Waals surface area contributed by atoms with Gasteiger partial charge >= 0.3 is 0 Å². The quantitative estimate of drug-likeness (QED) is 0.908. The summed E-state index contributed by atoms with van der Waals surface area (Å²) >= 11 is 0. The Morgan fingerprint density at radius 2 is 2.23 bits per heavy atom. The molecule has 1 aromatic heterocycles. The lowest BCUT2D eigenvalue weighted by Crippen LogP contribution is -2.18. The zero-order valence-corrected chi connectivity index (χ0v) is 11.6. The van der Waals surface area contributed by atoms with E-state index in [2.05, 4.69) is 15.7 Å². The number of halogens is 2. The van der Waals surface area contributed by atoms with Gasteiger partial charge in [0.15, 0.2) is 0 Å². The van der Waals surface area contributed by atoms with E-state index in [1.54, 1.807) is 18.2 Å². The van der Waals surface area contributed by atoms with Gasteiger partial charge in [-0.05, 0) is 11.6 Å². The lowest BCUT2D eigenvalue weighted by molar-refractivity contribution is 0.0966. The molecule has 0 spiro atoms. The molecule has 0 atom stereocenters. The second-order valence-electron chi connectivity index (χ2n) is 4.84. The van der Waals surface area contributed by atoms with Crippen LogP contribution in [0, 0.1) is 0 Å². The van der Waals surface area contributed by atoms with Crippen LogP contribution in [-0.4, -0.2) is 21.6 Å². The molecule has 0 saturated carbocycles. The van der Waals surface area contributed by atoms with E-state index >= 15 is 0 Å². The van der Waals surface area contributed by atoms with E-state index < -0.39 is 18.0 Å². The Labute approximate surface area is 124 Å². The van der Waals surface area contributed by atoms with E-state index in [0.717, 1.165) is 16.4 Å². The molecule has 0 fully saturated rings. The normalized spacial score (nSPS) is 13.2. The van der Waals surface area contributed by atoms with Crippen LogP contribution >= 0.6 is 0 Å². The highest BCUT2D eigenvalue weighted by Crippen LogP contribution is 2.26. The number of nitrogens with one attached hydrogen (secondary N) is 2. The van der Waals surface area contributed by atoms with E-state index in [4.69, 9.17) is 0 Å². The molecule has 2 aromatic rings.